The smallest absolute Gasteiger partial charge is 0.164 e. The Bertz CT molecular complexity index is 3080. The minimum absolute atomic E-state index is 0.571. The van der Waals surface area contributed by atoms with Gasteiger partial charge in [0.25, 0.3) is 0 Å². The monoisotopic (exact) mass is 668 g/mol. The van der Waals surface area contributed by atoms with Gasteiger partial charge in [-0.3, -0.25) is 0 Å². The van der Waals surface area contributed by atoms with Crippen molar-refractivity contribution >= 4 is 66.4 Å². The molecule has 0 radical (unpaired) electrons. The molecular weight excluding hydrogens is 641 g/mol. The van der Waals surface area contributed by atoms with Crippen LogP contribution in [0.25, 0.3) is 106 Å². The molecule has 0 saturated heterocycles. The van der Waals surface area contributed by atoms with Crippen LogP contribution in [0, 0.1) is 0 Å². The van der Waals surface area contributed by atoms with Gasteiger partial charge in [-0.25, -0.2) is 15.0 Å². The quantitative estimate of drug-likeness (QED) is 0.201. The third-order valence-electron chi connectivity index (χ3n) is 10.1. The Morgan fingerprint density at radius 2 is 1.21 bits per heavy atom. The first kappa shape index (κ1) is 28.8. The molecule has 0 amide bonds. The van der Waals surface area contributed by atoms with E-state index in [9.17, 15) is 0 Å². The Morgan fingerprint density at radius 1 is 0.462 bits per heavy atom. The zero-order chi connectivity index (χ0) is 34.2. The predicted octanol–water partition coefficient (Wildman–Crippen LogP) is 11.9. The number of fused-ring (bicyclic) bond motifs is 8. The molecule has 52 heavy (non-hydrogen) atoms. The molecule has 0 bridgehead atoms. The van der Waals surface area contributed by atoms with Gasteiger partial charge in [-0.2, -0.15) is 0 Å². The van der Waals surface area contributed by atoms with Crippen LogP contribution in [-0.4, -0.2) is 21.5 Å². The molecule has 7 aromatic carbocycles. The van der Waals surface area contributed by atoms with E-state index in [0.29, 0.717) is 17.5 Å². The number of anilines is 1. The summed E-state index contributed by atoms with van der Waals surface area (Å²) in [7, 11) is 0. The molecule has 6 heteroatoms. The first-order valence-electron chi connectivity index (χ1n) is 17.4. The van der Waals surface area contributed by atoms with E-state index < -0.39 is 0 Å². The van der Waals surface area contributed by atoms with Crippen LogP contribution in [0.4, 0.5) is 5.69 Å². The standard InChI is InChI=1S/C46H28N4O2/c1-2-11-28(12-3-1)44-48-45(31-20-19-27-10-4-5-13-29(27)22-31)50-46(49-44)36-23-32(33-16-8-18-39-42(33)34-15-6-7-17-38(34)51-39)25-41-43(36)35-26-37-30(14-9-21-47-37)24-40(35)52-41/h1-20,22-26,47H,21H2. The summed E-state index contributed by atoms with van der Waals surface area (Å²) < 4.78 is 13.1. The van der Waals surface area contributed by atoms with Gasteiger partial charge in [-0.05, 0) is 64.4 Å². The van der Waals surface area contributed by atoms with E-state index in [1.165, 1.54) is 0 Å². The molecule has 0 unspecified atom stereocenters. The van der Waals surface area contributed by atoms with Crippen molar-refractivity contribution in [3.63, 3.8) is 0 Å². The Morgan fingerprint density at radius 3 is 2.13 bits per heavy atom. The van der Waals surface area contributed by atoms with E-state index in [0.717, 1.165) is 100 Å². The van der Waals surface area contributed by atoms with Crippen LogP contribution in [0.3, 0.4) is 0 Å². The fourth-order valence-electron chi connectivity index (χ4n) is 7.63. The second kappa shape index (κ2) is 11.2. The highest BCUT2D eigenvalue weighted by atomic mass is 16.3. The van der Waals surface area contributed by atoms with E-state index in [2.05, 4.69) is 102 Å². The highest BCUT2D eigenvalue weighted by molar-refractivity contribution is 6.17. The zero-order valence-corrected chi connectivity index (χ0v) is 27.8. The Kier molecular flexibility index (Phi) is 6.21. The van der Waals surface area contributed by atoms with E-state index in [1.807, 2.05) is 54.6 Å². The maximum atomic E-state index is 6.75. The van der Waals surface area contributed by atoms with Crippen LogP contribution in [-0.2, 0) is 0 Å². The number of benzene rings is 7. The number of para-hydroxylation sites is 1. The summed E-state index contributed by atoms with van der Waals surface area (Å²) in [6.45, 7) is 0.775. The minimum atomic E-state index is 0.571. The van der Waals surface area contributed by atoms with Crippen molar-refractivity contribution in [2.45, 2.75) is 0 Å². The maximum Gasteiger partial charge on any atom is 0.164 e. The van der Waals surface area contributed by atoms with Gasteiger partial charge in [0.1, 0.15) is 22.3 Å². The number of furan rings is 2. The molecule has 244 valence electrons. The van der Waals surface area contributed by atoms with Crippen molar-refractivity contribution in [3.8, 4) is 45.3 Å². The largest absolute Gasteiger partial charge is 0.456 e. The molecule has 0 saturated carbocycles. The highest BCUT2D eigenvalue weighted by Gasteiger charge is 2.22. The number of aromatic nitrogens is 3. The van der Waals surface area contributed by atoms with Crippen LogP contribution in [0.1, 0.15) is 5.56 Å². The van der Waals surface area contributed by atoms with Crippen molar-refractivity contribution in [2.75, 3.05) is 11.9 Å². The van der Waals surface area contributed by atoms with Gasteiger partial charge in [-0.15, -0.1) is 0 Å². The van der Waals surface area contributed by atoms with Crippen LogP contribution in [0.2, 0.25) is 0 Å². The van der Waals surface area contributed by atoms with Crippen LogP contribution in [0.5, 0.6) is 0 Å². The summed E-state index contributed by atoms with van der Waals surface area (Å²) in [6, 6.07) is 47.9. The predicted molar refractivity (Wildman–Crippen MR) is 211 cm³/mol. The molecule has 4 heterocycles. The second-order valence-electron chi connectivity index (χ2n) is 13.2. The van der Waals surface area contributed by atoms with Crippen molar-refractivity contribution < 1.29 is 8.83 Å². The molecule has 1 N–H and O–H groups in total. The van der Waals surface area contributed by atoms with Crippen LogP contribution in [0.15, 0.2) is 154 Å². The van der Waals surface area contributed by atoms with Gasteiger partial charge in [0.05, 0.1) is 0 Å². The fourth-order valence-corrected chi connectivity index (χ4v) is 7.63. The highest BCUT2D eigenvalue weighted by Crippen LogP contribution is 2.44. The molecule has 3 aromatic heterocycles. The Labute approximate surface area is 297 Å². The van der Waals surface area contributed by atoms with Crippen molar-refractivity contribution in [3.05, 3.63) is 151 Å². The van der Waals surface area contributed by atoms with Crippen molar-refractivity contribution in [2.24, 2.45) is 0 Å². The lowest BCUT2D eigenvalue weighted by Gasteiger charge is -2.13. The molecule has 0 aliphatic carbocycles. The van der Waals surface area contributed by atoms with Gasteiger partial charge >= 0.3 is 0 Å². The lowest BCUT2D eigenvalue weighted by atomic mass is 9.94. The average Bonchev–Trinajstić information content (AvgIpc) is 3.77. The van der Waals surface area contributed by atoms with E-state index in [4.69, 9.17) is 23.8 Å². The summed E-state index contributed by atoms with van der Waals surface area (Å²) in [6.07, 6.45) is 4.27. The van der Waals surface area contributed by atoms with Gasteiger partial charge in [0.15, 0.2) is 17.5 Å². The maximum absolute atomic E-state index is 6.75. The lowest BCUT2D eigenvalue weighted by Crippen LogP contribution is -2.03. The summed E-state index contributed by atoms with van der Waals surface area (Å²) in [5.74, 6) is 1.78. The van der Waals surface area contributed by atoms with Gasteiger partial charge in [0, 0.05) is 56.0 Å². The fraction of sp³-hybridized carbons (Fsp3) is 0.0217. The number of rotatable bonds is 4. The average molecular weight is 669 g/mol. The SMILES string of the molecule is C1=Cc2cc3oc4cc(-c5cccc6oc7ccccc7c56)cc(-c5nc(-c6ccccc6)nc(-c6ccc7ccccc7c6)n5)c4c3cc2NC1. The molecule has 1 aliphatic rings. The minimum Gasteiger partial charge on any atom is -0.456 e. The molecule has 0 fully saturated rings. The Balaban J connectivity index is 1.23. The van der Waals surface area contributed by atoms with E-state index >= 15 is 0 Å². The summed E-state index contributed by atoms with van der Waals surface area (Å²) in [4.78, 5) is 15.5. The molecule has 10 aromatic rings. The van der Waals surface area contributed by atoms with Gasteiger partial charge in [0.2, 0.25) is 0 Å². The normalized spacial score (nSPS) is 12.6. The molecular formula is C46H28N4O2. The van der Waals surface area contributed by atoms with Crippen LogP contribution >= 0.6 is 0 Å². The third-order valence-corrected chi connectivity index (χ3v) is 10.1. The lowest BCUT2D eigenvalue weighted by molar-refractivity contribution is 0.668. The molecule has 0 spiro atoms. The van der Waals surface area contributed by atoms with Gasteiger partial charge < -0.3 is 14.2 Å². The summed E-state index contributed by atoms with van der Waals surface area (Å²) in [5, 5.41) is 9.90. The zero-order valence-electron chi connectivity index (χ0n) is 27.8. The third kappa shape index (κ3) is 4.55. The molecule has 11 rings (SSSR count). The summed E-state index contributed by atoms with van der Waals surface area (Å²) >= 11 is 0. The van der Waals surface area contributed by atoms with E-state index in [-0.39, 0.29) is 0 Å². The number of hydrogen-bond acceptors (Lipinski definition) is 6. The second-order valence-corrected chi connectivity index (χ2v) is 13.2. The first-order valence-corrected chi connectivity index (χ1v) is 17.4. The topological polar surface area (TPSA) is 77.0 Å². The van der Waals surface area contributed by atoms with Crippen LogP contribution < -0.4 is 5.32 Å². The molecule has 6 nitrogen and oxygen atoms in total. The molecule has 0 atom stereocenters. The van der Waals surface area contributed by atoms with Gasteiger partial charge in [-0.1, -0.05) is 109 Å². The number of nitrogens with one attached hydrogen (secondary N) is 1. The van der Waals surface area contributed by atoms with Crippen molar-refractivity contribution in [1.29, 1.82) is 0 Å². The summed E-state index contributed by atoms with van der Waals surface area (Å²) in [5.41, 5.74) is 10.1. The Hall–Kier alpha value is -7.05. The van der Waals surface area contributed by atoms with Crippen molar-refractivity contribution in [1.82, 2.24) is 15.0 Å². The van der Waals surface area contributed by atoms with E-state index in [1.54, 1.807) is 0 Å². The number of nitrogens with zero attached hydrogens (tertiary/aromatic N) is 3. The number of hydrogen-bond donors (Lipinski definition) is 1. The first-order chi connectivity index (χ1) is 25.7. The molecule has 1 aliphatic heterocycles.